The second-order valence-electron chi connectivity index (χ2n) is 3.96. The highest BCUT2D eigenvalue weighted by molar-refractivity contribution is 8.14. The predicted octanol–water partition coefficient (Wildman–Crippen LogP) is 1.78. The Morgan fingerprint density at radius 2 is 2.29 bits per heavy atom. The van der Waals surface area contributed by atoms with Crippen LogP contribution in [0.1, 0.15) is 13.3 Å². The third-order valence-corrected chi connectivity index (χ3v) is 3.54. The van der Waals surface area contributed by atoms with Crippen molar-refractivity contribution in [1.29, 1.82) is 0 Å². The minimum absolute atomic E-state index is 0.00523. The number of phenolic OH excluding ortho intramolecular Hbond substituents is 1. The molecule has 1 aliphatic heterocycles. The Kier molecular flexibility index (Phi) is 3.38. The van der Waals surface area contributed by atoms with Gasteiger partial charge in [-0.3, -0.25) is 9.59 Å². The summed E-state index contributed by atoms with van der Waals surface area (Å²) in [6.07, 6.45) is 0.375. The molecule has 1 amide bonds. The molecule has 1 unspecified atom stereocenters. The molecule has 1 saturated heterocycles. The van der Waals surface area contributed by atoms with Crippen molar-refractivity contribution >= 4 is 28.5 Å². The van der Waals surface area contributed by atoms with Crippen LogP contribution in [0.4, 0.5) is 5.69 Å². The summed E-state index contributed by atoms with van der Waals surface area (Å²) < 4.78 is 0. The van der Waals surface area contributed by atoms with Crippen LogP contribution in [0.2, 0.25) is 0 Å². The molecular formula is C12H13NO3S. The lowest BCUT2D eigenvalue weighted by atomic mass is 10.3. The SMILES string of the molecule is CC(=O)SC1CC(=O)N(c2cccc(O)c2)C1. The van der Waals surface area contributed by atoms with Crippen LogP contribution >= 0.6 is 11.8 Å². The zero-order valence-electron chi connectivity index (χ0n) is 9.42. The number of thioether (sulfide) groups is 1. The number of hydrogen-bond acceptors (Lipinski definition) is 4. The van der Waals surface area contributed by atoms with E-state index in [4.69, 9.17) is 0 Å². The van der Waals surface area contributed by atoms with Crippen molar-refractivity contribution in [3.8, 4) is 5.75 Å². The van der Waals surface area contributed by atoms with E-state index in [1.54, 1.807) is 29.2 Å². The van der Waals surface area contributed by atoms with Gasteiger partial charge in [-0.25, -0.2) is 0 Å². The number of hydrogen-bond donors (Lipinski definition) is 1. The zero-order valence-corrected chi connectivity index (χ0v) is 10.2. The molecule has 0 saturated carbocycles. The summed E-state index contributed by atoms with van der Waals surface area (Å²) in [6.45, 7) is 2.03. The van der Waals surface area contributed by atoms with Crippen molar-refractivity contribution in [3.63, 3.8) is 0 Å². The van der Waals surface area contributed by atoms with E-state index in [0.29, 0.717) is 18.7 Å². The van der Waals surface area contributed by atoms with Crippen LogP contribution in [0, 0.1) is 0 Å². The normalized spacial score (nSPS) is 19.7. The van der Waals surface area contributed by atoms with Gasteiger partial charge in [-0.1, -0.05) is 17.8 Å². The van der Waals surface area contributed by atoms with Gasteiger partial charge in [0.15, 0.2) is 5.12 Å². The molecule has 1 fully saturated rings. The molecule has 17 heavy (non-hydrogen) atoms. The average molecular weight is 251 g/mol. The summed E-state index contributed by atoms with van der Waals surface area (Å²) in [4.78, 5) is 24.4. The Hall–Kier alpha value is -1.49. The number of anilines is 1. The number of carbonyl (C=O) groups is 2. The van der Waals surface area contributed by atoms with Gasteiger partial charge < -0.3 is 10.0 Å². The van der Waals surface area contributed by atoms with E-state index in [1.165, 1.54) is 18.7 Å². The van der Waals surface area contributed by atoms with Crippen molar-refractivity contribution in [2.24, 2.45) is 0 Å². The second-order valence-corrected chi connectivity index (χ2v) is 5.44. The maximum absolute atomic E-state index is 11.8. The van der Waals surface area contributed by atoms with E-state index in [9.17, 15) is 14.7 Å². The van der Waals surface area contributed by atoms with Gasteiger partial charge in [-0.2, -0.15) is 0 Å². The molecule has 1 aromatic carbocycles. The lowest BCUT2D eigenvalue weighted by Gasteiger charge is -2.16. The van der Waals surface area contributed by atoms with E-state index in [-0.39, 0.29) is 22.0 Å². The molecule has 0 aliphatic carbocycles. The number of phenols is 1. The second kappa shape index (κ2) is 4.79. The number of benzene rings is 1. The van der Waals surface area contributed by atoms with Crippen LogP contribution in [0.25, 0.3) is 0 Å². The monoisotopic (exact) mass is 251 g/mol. The highest BCUT2D eigenvalue weighted by Crippen LogP contribution is 2.29. The maximum Gasteiger partial charge on any atom is 0.228 e. The van der Waals surface area contributed by atoms with E-state index < -0.39 is 0 Å². The summed E-state index contributed by atoms with van der Waals surface area (Å²) in [5, 5.41) is 9.42. The number of nitrogens with zero attached hydrogens (tertiary/aromatic N) is 1. The van der Waals surface area contributed by atoms with Gasteiger partial charge in [0.1, 0.15) is 5.75 Å². The minimum atomic E-state index is -0.00523. The topological polar surface area (TPSA) is 57.6 Å². The number of rotatable bonds is 2. The highest BCUT2D eigenvalue weighted by Gasteiger charge is 2.31. The quantitative estimate of drug-likeness (QED) is 0.870. The van der Waals surface area contributed by atoms with Crippen LogP contribution < -0.4 is 4.90 Å². The van der Waals surface area contributed by atoms with Crippen LogP contribution in [-0.2, 0) is 9.59 Å². The van der Waals surface area contributed by atoms with Gasteiger partial charge in [0, 0.05) is 36.9 Å². The summed E-state index contributed by atoms with van der Waals surface area (Å²) in [6, 6.07) is 6.59. The Labute approximate surface area is 104 Å². The molecule has 2 rings (SSSR count). The molecule has 1 atom stereocenters. The molecule has 0 spiro atoms. The van der Waals surface area contributed by atoms with Crippen LogP contribution in [0.3, 0.4) is 0 Å². The molecular weight excluding hydrogens is 238 g/mol. The van der Waals surface area contributed by atoms with Gasteiger partial charge in [-0.05, 0) is 12.1 Å². The third kappa shape index (κ3) is 2.79. The first-order chi connectivity index (χ1) is 8.06. The van der Waals surface area contributed by atoms with Crippen molar-refractivity contribution in [2.45, 2.75) is 18.6 Å². The Morgan fingerprint density at radius 1 is 1.53 bits per heavy atom. The summed E-state index contributed by atoms with van der Waals surface area (Å²) in [7, 11) is 0. The fourth-order valence-electron chi connectivity index (χ4n) is 1.90. The molecule has 0 bridgehead atoms. The third-order valence-electron chi connectivity index (χ3n) is 2.56. The standard InChI is InChI=1S/C12H13NO3S/c1-8(14)17-11-6-12(16)13(7-11)9-3-2-4-10(15)5-9/h2-5,11,15H,6-7H2,1H3. The van der Waals surface area contributed by atoms with Crippen molar-refractivity contribution in [3.05, 3.63) is 24.3 Å². The fourth-order valence-corrected chi connectivity index (χ4v) is 2.82. The van der Waals surface area contributed by atoms with Crippen LogP contribution in [-0.4, -0.2) is 27.9 Å². The van der Waals surface area contributed by atoms with E-state index in [1.807, 2.05) is 0 Å². The molecule has 5 heteroatoms. The maximum atomic E-state index is 11.8. The number of carbonyl (C=O) groups excluding carboxylic acids is 2. The number of aromatic hydroxyl groups is 1. The van der Waals surface area contributed by atoms with Crippen molar-refractivity contribution < 1.29 is 14.7 Å². The first-order valence-electron chi connectivity index (χ1n) is 5.33. The van der Waals surface area contributed by atoms with Gasteiger partial charge in [0.25, 0.3) is 0 Å². The first-order valence-corrected chi connectivity index (χ1v) is 6.21. The molecule has 1 aliphatic rings. The van der Waals surface area contributed by atoms with Crippen molar-refractivity contribution in [1.82, 2.24) is 0 Å². The van der Waals surface area contributed by atoms with Gasteiger partial charge in [-0.15, -0.1) is 0 Å². The predicted molar refractivity (Wildman–Crippen MR) is 67.1 cm³/mol. The van der Waals surface area contributed by atoms with Gasteiger partial charge in [0.2, 0.25) is 5.91 Å². The highest BCUT2D eigenvalue weighted by atomic mass is 32.2. The largest absolute Gasteiger partial charge is 0.508 e. The smallest absolute Gasteiger partial charge is 0.228 e. The molecule has 90 valence electrons. The Bertz CT molecular complexity index is 461. The van der Waals surface area contributed by atoms with E-state index >= 15 is 0 Å². The fraction of sp³-hybridized carbons (Fsp3) is 0.333. The lowest BCUT2D eigenvalue weighted by molar-refractivity contribution is -0.117. The summed E-state index contributed by atoms with van der Waals surface area (Å²) in [5.74, 6) is 0.132. The summed E-state index contributed by atoms with van der Waals surface area (Å²) in [5.41, 5.74) is 0.682. The number of amides is 1. The molecule has 1 N–H and O–H groups in total. The van der Waals surface area contributed by atoms with Crippen LogP contribution in [0.5, 0.6) is 5.75 Å². The molecule has 0 radical (unpaired) electrons. The molecule has 1 heterocycles. The van der Waals surface area contributed by atoms with Crippen LogP contribution in [0.15, 0.2) is 24.3 Å². The van der Waals surface area contributed by atoms with E-state index in [2.05, 4.69) is 0 Å². The van der Waals surface area contributed by atoms with Gasteiger partial charge in [0.05, 0.1) is 0 Å². The van der Waals surface area contributed by atoms with E-state index in [0.717, 1.165) is 0 Å². The first kappa shape index (κ1) is 12.0. The summed E-state index contributed by atoms with van der Waals surface area (Å²) >= 11 is 1.20. The minimum Gasteiger partial charge on any atom is -0.508 e. The zero-order chi connectivity index (χ0) is 12.4. The average Bonchev–Trinajstić information content (AvgIpc) is 2.58. The molecule has 1 aromatic rings. The van der Waals surface area contributed by atoms with Gasteiger partial charge >= 0.3 is 0 Å². The Morgan fingerprint density at radius 3 is 2.94 bits per heavy atom. The van der Waals surface area contributed by atoms with Crippen molar-refractivity contribution in [2.75, 3.05) is 11.4 Å². The lowest BCUT2D eigenvalue weighted by Crippen LogP contribution is -2.24. The molecule has 4 nitrogen and oxygen atoms in total. The molecule has 0 aromatic heterocycles. The Balaban J connectivity index is 2.13.